The molecule has 1 atom stereocenters. The third-order valence-electron chi connectivity index (χ3n) is 16.1. The fraction of sp³-hybridized carbons (Fsp3) is 0.217. The van der Waals surface area contributed by atoms with Gasteiger partial charge in [-0.1, -0.05) is 134 Å². The van der Waals surface area contributed by atoms with E-state index in [1.165, 1.54) is 132 Å². The molecular formula is C60H50BN3. The van der Waals surface area contributed by atoms with Gasteiger partial charge in [-0.25, -0.2) is 0 Å². The summed E-state index contributed by atoms with van der Waals surface area (Å²) < 4.78 is 5.50. The van der Waals surface area contributed by atoms with Crippen molar-refractivity contribution >= 4 is 94.1 Å². The summed E-state index contributed by atoms with van der Waals surface area (Å²) in [6, 6.07) is 48.0. The summed E-state index contributed by atoms with van der Waals surface area (Å²) in [5.41, 5.74) is 21.5. The second kappa shape index (κ2) is 11.9. The van der Waals surface area contributed by atoms with Crippen LogP contribution in [0.15, 0.2) is 145 Å². The number of fused-ring (bicyclic) bond motifs is 9. The molecule has 4 aliphatic rings. The number of allylic oxidation sites excluding steroid dienone is 4. The summed E-state index contributed by atoms with van der Waals surface area (Å²) in [5, 5.41) is 10.8. The predicted molar refractivity (Wildman–Crippen MR) is 273 cm³/mol. The van der Waals surface area contributed by atoms with E-state index in [0.717, 1.165) is 6.42 Å². The van der Waals surface area contributed by atoms with Crippen molar-refractivity contribution in [3.8, 4) is 11.1 Å². The Morgan fingerprint density at radius 3 is 2.14 bits per heavy atom. The molecule has 4 heteroatoms. The molecule has 0 spiro atoms. The van der Waals surface area contributed by atoms with Crippen LogP contribution in [-0.2, 0) is 16.2 Å². The van der Waals surface area contributed by atoms with Crippen LogP contribution in [0.4, 0.5) is 0 Å². The number of rotatable bonds is 2. The van der Waals surface area contributed by atoms with Crippen molar-refractivity contribution in [1.82, 2.24) is 14.1 Å². The van der Waals surface area contributed by atoms with Gasteiger partial charge in [0.1, 0.15) is 0 Å². The van der Waals surface area contributed by atoms with E-state index in [0.29, 0.717) is 0 Å². The Morgan fingerprint density at radius 2 is 1.36 bits per heavy atom. The topological polar surface area (TPSA) is 22.8 Å². The highest BCUT2D eigenvalue weighted by Gasteiger charge is 2.48. The molecule has 6 heterocycles. The lowest BCUT2D eigenvalue weighted by Gasteiger charge is -2.43. The fourth-order valence-electron chi connectivity index (χ4n) is 12.8. The Kier molecular flexibility index (Phi) is 6.85. The summed E-state index contributed by atoms with van der Waals surface area (Å²) in [6.07, 6.45) is 7.43. The van der Waals surface area contributed by atoms with E-state index in [9.17, 15) is 0 Å². The van der Waals surface area contributed by atoms with Gasteiger partial charge in [0.15, 0.2) is 0 Å². The first-order valence-corrected chi connectivity index (χ1v) is 23.3. The van der Waals surface area contributed by atoms with E-state index in [2.05, 4.69) is 198 Å². The lowest BCUT2D eigenvalue weighted by atomic mass is 9.31. The van der Waals surface area contributed by atoms with Gasteiger partial charge in [-0.3, -0.25) is 4.98 Å². The molecule has 3 aliphatic heterocycles. The first-order valence-electron chi connectivity index (χ1n) is 23.3. The summed E-state index contributed by atoms with van der Waals surface area (Å²) in [7, 11) is 0. The van der Waals surface area contributed by atoms with Gasteiger partial charge in [0, 0.05) is 61.6 Å². The zero-order valence-electron chi connectivity index (χ0n) is 38.0. The second-order valence-corrected chi connectivity index (χ2v) is 22.0. The van der Waals surface area contributed by atoms with Gasteiger partial charge < -0.3 is 9.13 Å². The monoisotopic (exact) mass is 823 g/mol. The molecule has 0 radical (unpaired) electrons. The SMILES string of the molecule is CC(C)(C)c1ccc2c(c1)c1cc3cc4c1n2C1=C2B4c4c5cc6c(cccc6c(-c6ccccc6)c5cc5c6ccc(C(C)(C)C)cc6n(c45)C2CC(c2cccnc2)=C1)C3(C)C. The highest BCUT2D eigenvalue weighted by molar-refractivity contribution is 6.97. The van der Waals surface area contributed by atoms with Gasteiger partial charge in [-0.2, -0.15) is 0 Å². The molecule has 0 saturated carbocycles. The van der Waals surface area contributed by atoms with Crippen molar-refractivity contribution in [3.63, 3.8) is 0 Å². The number of aromatic nitrogens is 3. The molecule has 64 heavy (non-hydrogen) atoms. The van der Waals surface area contributed by atoms with Crippen LogP contribution in [0, 0.1) is 0 Å². The molecule has 4 bridgehead atoms. The van der Waals surface area contributed by atoms with Crippen molar-refractivity contribution in [2.45, 2.75) is 84.1 Å². The van der Waals surface area contributed by atoms with E-state index in [4.69, 9.17) is 4.98 Å². The molecule has 0 N–H and O–H groups in total. The molecule has 14 rings (SSSR count). The molecular weight excluding hydrogens is 773 g/mol. The van der Waals surface area contributed by atoms with E-state index in [1.54, 1.807) is 0 Å². The average molecular weight is 824 g/mol. The minimum atomic E-state index is -0.287. The summed E-state index contributed by atoms with van der Waals surface area (Å²) in [4.78, 5) is 4.69. The Morgan fingerprint density at radius 1 is 0.609 bits per heavy atom. The predicted octanol–water partition coefficient (Wildman–Crippen LogP) is 13.9. The van der Waals surface area contributed by atoms with Gasteiger partial charge >= 0.3 is 0 Å². The summed E-state index contributed by atoms with van der Waals surface area (Å²) in [6.45, 7) is 19.1. The van der Waals surface area contributed by atoms with E-state index in [1.807, 2.05) is 6.20 Å². The third-order valence-corrected chi connectivity index (χ3v) is 16.1. The normalized spacial score (nSPS) is 17.3. The van der Waals surface area contributed by atoms with Crippen LogP contribution in [0.25, 0.3) is 87.6 Å². The zero-order chi connectivity index (χ0) is 43.3. The number of hydrogen-bond donors (Lipinski definition) is 0. The van der Waals surface area contributed by atoms with Gasteiger partial charge in [-0.05, 0) is 148 Å². The highest BCUT2D eigenvalue weighted by Crippen LogP contribution is 2.54. The van der Waals surface area contributed by atoms with E-state index in [-0.39, 0.29) is 29.0 Å². The molecule has 1 unspecified atom stereocenters. The maximum Gasteiger partial charge on any atom is 0.248 e. The zero-order valence-corrected chi connectivity index (χ0v) is 38.0. The number of nitrogens with zero attached hydrogens (tertiary/aromatic N) is 3. The second-order valence-electron chi connectivity index (χ2n) is 22.0. The number of pyridine rings is 1. The van der Waals surface area contributed by atoms with Crippen molar-refractivity contribution in [1.29, 1.82) is 0 Å². The Bertz CT molecular complexity index is 3840. The molecule has 7 aromatic carbocycles. The molecule has 0 fully saturated rings. The van der Waals surface area contributed by atoms with Crippen molar-refractivity contribution in [3.05, 3.63) is 173 Å². The third kappa shape index (κ3) is 4.56. The fourth-order valence-corrected chi connectivity index (χ4v) is 12.8. The van der Waals surface area contributed by atoms with Crippen molar-refractivity contribution in [2.24, 2.45) is 0 Å². The molecule has 0 amide bonds. The Balaban J connectivity index is 1.27. The quantitative estimate of drug-likeness (QED) is 0.126. The lowest BCUT2D eigenvalue weighted by molar-refractivity contribution is 0.589. The molecule has 10 aromatic rings. The smallest absolute Gasteiger partial charge is 0.248 e. The van der Waals surface area contributed by atoms with E-state index < -0.39 is 0 Å². The summed E-state index contributed by atoms with van der Waals surface area (Å²) >= 11 is 0. The van der Waals surface area contributed by atoms with E-state index >= 15 is 0 Å². The van der Waals surface area contributed by atoms with Crippen LogP contribution in [0.3, 0.4) is 0 Å². The minimum Gasteiger partial charge on any atom is -0.334 e. The van der Waals surface area contributed by atoms with Gasteiger partial charge in [0.2, 0.25) is 6.71 Å². The van der Waals surface area contributed by atoms with Crippen LogP contribution in [0.2, 0.25) is 0 Å². The maximum atomic E-state index is 4.69. The molecule has 1 aliphatic carbocycles. The van der Waals surface area contributed by atoms with Crippen LogP contribution in [0.1, 0.15) is 95.7 Å². The molecule has 308 valence electrons. The van der Waals surface area contributed by atoms with Crippen LogP contribution in [0.5, 0.6) is 0 Å². The van der Waals surface area contributed by atoms with Gasteiger partial charge in [0.05, 0.1) is 11.6 Å². The largest absolute Gasteiger partial charge is 0.334 e. The van der Waals surface area contributed by atoms with Crippen LogP contribution < -0.4 is 10.9 Å². The minimum absolute atomic E-state index is 0.00636. The van der Waals surface area contributed by atoms with Gasteiger partial charge in [-0.15, -0.1) is 0 Å². The standard InChI is InChI=1S/C60H50BN3/c1-58(2,3)36-20-22-49-42(26-36)45-27-38-28-48-56(45)63(49)51-24-35(34-16-13-23-62-32-34)25-52-55(51)61(48)54-44-30-41-40(17-12-18-47(41)60(38,7)8)53(33-14-10-9-11-15-33)43(44)31-46-39-21-19-37(59(4,5)6)29-50(39)64(52)57(46)54/h9-24,26-32,52H,25H2,1-8H3. The van der Waals surface area contributed by atoms with Gasteiger partial charge in [0.25, 0.3) is 0 Å². The first kappa shape index (κ1) is 36.8. The Labute approximate surface area is 374 Å². The Hall–Kier alpha value is -6.65. The average Bonchev–Trinajstić information content (AvgIpc) is 3.80. The first-order chi connectivity index (χ1) is 30.8. The molecule has 3 aromatic heterocycles. The molecule has 3 nitrogen and oxygen atoms in total. The summed E-state index contributed by atoms with van der Waals surface area (Å²) in [5.74, 6) is 0. The molecule has 0 saturated heterocycles. The lowest BCUT2D eigenvalue weighted by Crippen LogP contribution is -2.54. The van der Waals surface area contributed by atoms with Crippen molar-refractivity contribution in [2.75, 3.05) is 0 Å². The van der Waals surface area contributed by atoms with Crippen LogP contribution >= 0.6 is 0 Å². The number of benzene rings is 7. The maximum absolute atomic E-state index is 4.69. The number of hydrogen-bond acceptors (Lipinski definition) is 1. The van der Waals surface area contributed by atoms with Crippen molar-refractivity contribution < 1.29 is 0 Å². The van der Waals surface area contributed by atoms with Crippen LogP contribution in [-0.4, -0.2) is 20.8 Å². The highest BCUT2D eigenvalue weighted by atomic mass is 15.1.